The molecule has 0 saturated heterocycles. The quantitative estimate of drug-likeness (QED) is 0.771. The van der Waals surface area contributed by atoms with E-state index in [2.05, 4.69) is 49.9 Å². The van der Waals surface area contributed by atoms with Gasteiger partial charge in [-0.25, -0.2) is 0 Å². The Kier molecular flexibility index (Phi) is 6.76. The van der Waals surface area contributed by atoms with Crippen LogP contribution in [0.15, 0.2) is 24.3 Å². The van der Waals surface area contributed by atoms with Crippen molar-refractivity contribution < 1.29 is 4.74 Å². The molecule has 1 aromatic carbocycles. The summed E-state index contributed by atoms with van der Waals surface area (Å²) in [7, 11) is 0. The Morgan fingerprint density at radius 2 is 1.83 bits per heavy atom. The Balaban J connectivity index is 2.58. The fourth-order valence-electron chi connectivity index (χ4n) is 1.88. The topological polar surface area (TPSA) is 38.5 Å². The summed E-state index contributed by atoms with van der Waals surface area (Å²) in [5, 5.41) is 0. The van der Waals surface area contributed by atoms with Crippen LogP contribution in [0.5, 0.6) is 0 Å². The molecular formula is C15H26N2O. The van der Waals surface area contributed by atoms with Gasteiger partial charge >= 0.3 is 0 Å². The zero-order valence-electron chi connectivity index (χ0n) is 11.9. The van der Waals surface area contributed by atoms with Gasteiger partial charge in [-0.2, -0.15) is 0 Å². The van der Waals surface area contributed by atoms with E-state index < -0.39 is 0 Å². The number of hydrogen-bond donors (Lipinski definition) is 1. The van der Waals surface area contributed by atoms with Gasteiger partial charge in [0.25, 0.3) is 0 Å². The zero-order valence-corrected chi connectivity index (χ0v) is 11.9. The number of anilines is 1. The molecule has 0 aliphatic carbocycles. The maximum atomic E-state index is 5.62. The van der Waals surface area contributed by atoms with Gasteiger partial charge in [-0.15, -0.1) is 0 Å². The number of nitrogens with zero attached hydrogens (tertiary/aromatic N) is 1. The predicted octanol–water partition coefficient (Wildman–Crippen LogP) is 2.79. The summed E-state index contributed by atoms with van der Waals surface area (Å²) in [6.07, 6.45) is 1.44. The molecule has 0 fully saturated rings. The van der Waals surface area contributed by atoms with Gasteiger partial charge in [0.1, 0.15) is 0 Å². The third kappa shape index (κ3) is 5.07. The monoisotopic (exact) mass is 250 g/mol. The predicted molar refractivity (Wildman–Crippen MR) is 77.9 cm³/mol. The van der Waals surface area contributed by atoms with Crippen molar-refractivity contribution in [3.63, 3.8) is 0 Å². The molecule has 0 bridgehead atoms. The van der Waals surface area contributed by atoms with E-state index in [1.54, 1.807) is 0 Å². The summed E-state index contributed by atoms with van der Waals surface area (Å²) in [6, 6.07) is 8.49. The van der Waals surface area contributed by atoms with Crippen molar-refractivity contribution in [1.29, 1.82) is 0 Å². The van der Waals surface area contributed by atoms with Crippen molar-refractivity contribution in [2.45, 2.75) is 39.8 Å². The average Bonchev–Trinajstić information content (AvgIpc) is 2.37. The molecule has 0 atom stereocenters. The molecule has 1 rings (SSSR count). The number of nitrogens with two attached hydrogens (primary N) is 1. The highest BCUT2D eigenvalue weighted by Gasteiger charge is 2.05. The molecule has 1 aromatic rings. The van der Waals surface area contributed by atoms with E-state index in [4.69, 9.17) is 10.5 Å². The van der Waals surface area contributed by atoms with E-state index in [0.29, 0.717) is 12.6 Å². The average molecular weight is 250 g/mol. The molecule has 18 heavy (non-hydrogen) atoms. The van der Waals surface area contributed by atoms with Crippen LogP contribution in [-0.4, -0.2) is 25.8 Å². The Morgan fingerprint density at radius 1 is 1.17 bits per heavy atom. The van der Waals surface area contributed by atoms with Crippen LogP contribution in [0.25, 0.3) is 0 Å². The Morgan fingerprint density at radius 3 is 2.33 bits per heavy atom. The van der Waals surface area contributed by atoms with Gasteiger partial charge in [0.15, 0.2) is 0 Å². The molecule has 2 N–H and O–H groups in total. The third-order valence-corrected chi connectivity index (χ3v) is 2.84. The highest BCUT2D eigenvalue weighted by molar-refractivity contribution is 5.47. The van der Waals surface area contributed by atoms with Crippen LogP contribution in [0.4, 0.5) is 5.69 Å². The van der Waals surface area contributed by atoms with E-state index >= 15 is 0 Å². The van der Waals surface area contributed by atoms with E-state index in [1.807, 2.05) is 0 Å². The number of rotatable bonds is 8. The standard InChI is InChI=1S/C15H26N2O/c1-4-9-17(10-11-18-13(2)3)15-7-5-14(12-16)6-8-15/h5-8,13H,4,9-12,16H2,1-3H3. The van der Waals surface area contributed by atoms with E-state index in [1.165, 1.54) is 11.3 Å². The second-order valence-electron chi connectivity index (χ2n) is 4.78. The van der Waals surface area contributed by atoms with Crippen molar-refractivity contribution >= 4 is 5.69 Å². The Labute approximate surface area is 111 Å². The van der Waals surface area contributed by atoms with E-state index in [-0.39, 0.29) is 0 Å². The fraction of sp³-hybridized carbons (Fsp3) is 0.600. The molecule has 0 saturated carbocycles. The molecule has 3 heteroatoms. The maximum Gasteiger partial charge on any atom is 0.0645 e. The zero-order chi connectivity index (χ0) is 13.4. The summed E-state index contributed by atoms with van der Waals surface area (Å²) in [6.45, 7) is 9.71. The first-order valence-electron chi connectivity index (χ1n) is 6.83. The Hall–Kier alpha value is -1.06. The summed E-state index contributed by atoms with van der Waals surface area (Å²) < 4.78 is 5.62. The first kappa shape index (κ1) is 15.0. The van der Waals surface area contributed by atoms with Crippen LogP contribution < -0.4 is 10.6 Å². The van der Waals surface area contributed by atoms with E-state index in [9.17, 15) is 0 Å². The van der Waals surface area contributed by atoms with Crippen molar-refractivity contribution in [3.05, 3.63) is 29.8 Å². The van der Waals surface area contributed by atoms with Crippen molar-refractivity contribution in [1.82, 2.24) is 0 Å². The van der Waals surface area contributed by atoms with Crippen LogP contribution in [0, 0.1) is 0 Å². The molecule has 0 radical (unpaired) electrons. The lowest BCUT2D eigenvalue weighted by Gasteiger charge is -2.25. The molecule has 0 aliphatic rings. The normalized spacial score (nSPS) is 10.9. The highest BCUT2D eigenvalue weighted by atomic mass is 16.5. The molecule has 3 nitrogen and oxygen atoms in total. The number of ether oxygens (including phenoxy) is 1. The minimum Gasteiger partial charge on any atom is -0.377 e. The van der Waals surface area contributed by atoms with Gasteiger partial charge in [0, 0.05) is 25.3 Å². The van der Waals surface area contributed by atoms with Gasteiger partial charge in [0.05, 0.1) is 12.7 Å². The molecule has 102 valence electrons. The summed E-state index contributed by atoms with van der Waals surface area (Å²) >= 11 is 0. The first-order chi connectivity index (χ1) is 8.67. The van der Waals surface area contributed by atoms with Gasteiger partial charge in [-0.1, -0.05) is 19.1 Å². The van der Waals surface area contributed by atoms with Crippen molar-refractivity contribution in [2.75, 3.05) is 24.6 Å². The van der Waals surface area contributed by atoms with Crippen molar-refractivity contribution in [2.24, 2.45) is 5.73 Å². The van der Waals surface area contributed by atoms with Gasteiger partial charge in [-0.05, 0) is 38.0 Å². The van der Waals surface area contributed by atoms with Crippen LogP contribution in [-0.2, 0) is 11.3 Å². The third-order valence-electron chi connectivity index (χ3n) is 2.84. The molecule has 0 unspecified atom stereocenters. The smallest absolute Gasteiger partial charge is 0.0645 e. The second kappa shape index (κ2) is 8.11. The highest BCUT2D eigenvalue weighted by Crippen LogP contribution is 2.15. The van der Waals surface area contributed by atoms with Crippen LogP contribution >= 0.6 is 0 Å². The van der Waals surface area contributed by atoms with Crippen LogP contribution in [0.2, 0.25) is 0 Å². The number of benzene rings is 1. The molecule has 0 aliphatic heterocycles. The molecule has 0 aromatic heterocycles. The van der Waals surface area contributed by atoms with Gasteiger partial charge < -0.3 is 15.4 Å². The molecule has 0 amide bonds. The van der Waals surface area contributed by atoms with E-state index in [0.717, 1.165) is 26.1 Å². The lowest BCUT2D eigenvalue weighted by atomic mass is 10.2. The summed E-state index contributed by atoms with van der Waals surface area (Å²) in [5.74, 6) is 0. The fourth-order valence-corrected chi connectivity index (χ4v) is 1.88. The van der Waals surface area contributed by atoms with Gasteiger partial charge in [-0.3, -0.25) is 0 Å². The summed E-state index contributed by atoms with van der Waals surface area (Å²) in [5.41, 5.74) is 8.04. The summed E-state index contributed by atoms with van der Waals surface area (Å²) in [4.78, 5) is 2.36. The van der Waals surface area contributed by atoms with Crippen molar-refractivity contribution in [3.8, 4) is 0 Å². The van der Waals surface area contributed by atoms with Gasteiger partial charge in [0.2, 0.25) is 0 Å². The van der Waals surface area contributed by atoms with Crippen LogP contribution in [0.1, 0.15) is 32.8 Å². The lowest BCUT2D eigenvalue weighted by Crippen LogP contribution is -2.29. The first-order valence-corrected chi connectivity index (χ1v) is 6.83. The number of hydrogen-bond acceptors (Lipinski definition) is 3. The molecular weight excluding hydrogens is 224 g/mol. The SMILES string of the molecule is CCCN(CCOC(C)C)c1ccc(CN)cc1. The minimum atomic E-state index is 0.299. The molecule has 0 spiro atoms. The maximum absolute atomic E-state index is 5.62. The van der Waals surface area contributed by atoms with Crippen LogP contribution in [0.3, 0.4) is 0 Å². The minimum absolute atomic E-state index is 0.299. The lowest BCUT2D eigenvalue weighted by molar-refractivity contribution is 0.0840. The Bertz CT molecular complexity index is 322. The largest absolute Gasteiger partial charge is 0.377 e. The second-order valence-corrected chi connectivity index (χ2v) is 4.78. The molecule has 0 heterocycles.